The van der Waals surface area contributed by atoms with E-state index in [4.69, 9.17) is 58.0 Å². The zero-order chi connectivity index (χ0) is 25.8. The van der Waals surface area contributed by atoms with Crippen molar-refractivity contribution in [1.29, 1.82) is 0 Å². The maximum atomic E-state index is 14.3. The molecule has 184 valence electrons. The van der Waals surface area contributed by atoms with Gasteiger partial charge in [-0.3, -0.25) is 9.59 Å². The molecule has 0 spiro atoms. The van der Waals surface area contributed by atoms with Crippen molar-refractivity contribution in [3.05, 3.63) is 92.8 Å². The quantitative estimate of drug-likeness (QED) is 0.207. The largest absolute Gasteiger partial charge is 0.359 e. The van der Waals surface area contributed by atoms with E-state index in [2.05, 4.69) is 15.6 Å². The van der Waals surface area contributed by atoms with Gasteiger partial charge in [-0.2, -0.15) is 0 Å². The van der Waals surface area contributed by atoms with Gasteiger partial charge in [0.1, 0.15) is 10.2 Å². The Morgan fingerprint density at radius 1 is 0.889 bits per heavy atom. The van der Waals surface area contributed by atoms with Crippen LogP contribution >= 0.6 is 58.0 Å². The van der Waals surface area contributed by atoms with Gasteiger partial charge < -0.3 is 15.6 Å². The van der Waals surface area contributed by atoms with Gasteiger partial charge in [0.05, 0.1) is 22.0 Å². The molecule has 4 aromatic rings. The van der Waals surface area contributed by atoms with Crippen LogP contribution in [-0.2, 0) is 4.79 Å². The number of amides is 2. The van der Waals surface area contributed by atoms with E-state index in [0.717, 1.165) is 0 Å². The molecule has 1 aliphatic carbocycles. The number of anilines is 2. The summed E-state index contributed by atoms with van der Waals surface area (Å²) in [5.41, 5.74) is 1.62. The zero-order valence-corrected chi connectivity index (χ0v) is 21.8. The van der Waals surface area contributed by atoms with Crippen molar-refractivity contribution in [2.75, 3.05) is 10.6 Å². The Labute approximate surface area is 229 Å². The van der Waals surface area contributed by atoms with E-state index < -0.39 is 33.8 Å². The number of benzene rings is 3. The molecule has 1 saturated carbocycles. The number of aromatic amines is 1. The number of carbonyl (C=O) groups is 2. The standard InChI is InChI=1S/C25H15Cl5FN3O2/c26-13-5-12(6-14(27)8-13)20-21(25(20,29)30)24(36)33-15-1-2-18(28)17(9-15)23(35)34-16-7-11-3-4-32-22(11)19(31)10-16/h1-10,20-21,32H,(H,33,36)(H,34,35). The summed E-state index contributed by atoms with van der Waals surface area (Å²) < 4.78 is 12.9. The van der Waals surface area contributed by atoms with E-state index in [9.17, 15) is 14.0 Å². The van der Waals surface area contributed by atoms with Crippen molar-refractivity contribution in [2.45, 2.75) is 10.3 Å². The highest BCUT2D eigenvalue weighted by Gasteiger charge is 2.67. The molecular weight excluding hydrogens is 571 g/mol. The lowest BCUT2D eigenvalue weighted by molar-refractivity contribution is -0.117. The number of carbonyl (C=O) groups excluding carboxylic acids is 2. The van der Waals surface area contributed by atoms with Crippen LogP contribution in [0.1, 0.15) is 21.8 Å². The number of rotatable bonds is 5. The van der Waals surface area contributed by atoms with Crippen LogP contribution in [0.3, 0.4) is 0 Å². The van der Waals surface area contributed by atoms with Crippen LogP contribution in [0, 0.1) is 11.7 Å². The average molecular weight is 586 g/mol. The topological polar surface area (TPSA) is 74.0 Å². The molecule has 0 saturated heterocycles. The lowest BCUT2D eigenvalue weighted by Gasteiger charge is -2.11. The molecule has 2 amide bonds. The highest BCUT2D eigenvalue weighted by atomic mass is 35.5. The van der Waals surface area contributed by atoms with Crippen LogP contribution < -0.4 is 10.6 Å². The molecule has 3 N–H and O–H groups in total. The lowest BCUT2D eigenvalue weighted by atomic mass is 10.1. The van der Waals surface area contributed by atoms with E-state index in [-0.39, 0.29) is 16.3 Å². The summed E-state index contributed by atoms with van der Waals surface area (Å²) in [4.78, 5) is 28.7. The van der Waals surface area contributed by atoms with Gasteiger partial charge in [0.2, 0.25) is 5.91 Å². The zero-order valence-electron chi connectivity index (χ0n) is 18.0. The molecule has 5 nitrogen and oxygen atoms in total. The van der Waals surface area contributed by atoms with E-state index >= 15 is 0 Å². The number of hydrogen-bond donors (Lipinski definition) is 3. The van der Waals surface area contributed by atoms with Gasteiger partial charge in [0.15, 0.2) is 0 Å². The number of hydrogen-bond acceptors (Lipinski definition) is 2. The first-order chi connectivity index (χ1) is 17.0. The normalized spacial score (nSPS) is 18.2. The van der Waals surface area contributed by atoms with Crippen LogP contribution in [0.15, 0.2) is 60.8 Å². The summed E-state index contributed by atoms with van der Waals surface area (Å²) in [7, 11) is 0. The molecule has 0 aliphatic heterocycles. The van der Waals surface area contributed by atoms with Gasteiger partial charge in [-0.25, -0.2) is 4.39 Å². The minimum atomic E-state index is -1.36. The summed E-state index contributed by atoms with van der Waals surface area (Å²) >= 11 is 31.2. The van der Waals surface area contributed by atoms with Gasteiger partial charge in [-0.15, -0.1) is 23.2 Å². The van der Waals surface area contributed by atoms with E-state index in [1.165, 1.54) is 18.2 Å². The number of aromatic nitrogens is 1. The predicted molar refractivity (Wildman–Crippen MR) is 143 cm³/mol. The van der Waals surface area contributed by atoms with Gasteiger partial charge in [-0.05, 0) is 60.2 Å². The molecule has 1 aliphatic rings. The second-order valence-corrected chi connectivity index (χ2v) is 11.1. The molecule has 5 rings (SSSR count). The van der Waals surface area contributed by atoms with Crippen molar-refractivity contribution >= 4 is 92.1 Å². The Hall–Kier alpha value is -2.48. The first-order valence-electron chi connectivity index (χ1n) is 10.6. The van der Waals surface area contributed by atoms with Crippen molar-refractivity contribution in [1.82, 2.24) is 4.98 Å². The van der Waals surface area contributed by atoms with E-state index in [0.29, 0.717) is 32.2 Å². The Bertz CT molecular complexity index is 1520. The number of fused-ring (bicyclic) bond motifs is 1. The fourth-order valence-electron chi connectivity index (χ4n) is 4.22. The first kappa shape index (κ1) is 25.2. The van der Waals surface area contributed by atoms with Crippen LogP contribution in [0.25, 0.3) is 10.9 Å². The Morgan fingerprint density at radius 3 is 2.33 bits per heavy atom. The van der Waals surface area contributed by atoms with E-state index in [1.54, 1.807) is 42.6 Å². The number of H-pyrrole nitrogens is 1. The van der Waals surface area contributed by atoms with Gasteiger partial charge in [0, 0.05) is 38.9 Å². The third kappa shape index (κ3) is 4.76. The van der Waals surface area contributed by atoms with Crippen LogP contribution in [0.4, 0.5) is 15.8 Å². The molecule has 1 aromatic heterocycles. The molecule has 2 unspecified atom stereocenters. The molecular formula is C25H15Cl5FN3O2. The highest BCUT2D eigenvalue weighted by Crippen LogP contribution is 2.65. The summed E-state index contributed by atoms with van der Waals surface area (Å²) in [5.74, 6) is -2.84. The second-order valence-electron chi connectivity index (χ2n) is 8.37. The molecule has 11 heteroatoms. The smallest absolute Gasteiger partial charge is 0.257 e. The molecule has 0 bridgehead atoms. The fourth-order valence-corrected chi connectivity index (χ4v) is 5.79. The average Bonchev–Trinajstić information content (AvgIpc) is 3.11. The second kappa shape index (κ2) is 9.43. The SMILES string of the molecule is O=C(Nc1cc(F)c2[nH]ccc2c1)c1cc(NC(=O)C2C(c3cc(Cl)cc(Cl)c3)C2(Cl)Cl)ccc1Cl. The number of alkyl halides is 2. The number of nitrogens with one attached hydrogen (secondary N) is 3. The van der Waals surface area contributed by atoms with Crippen LogP contribution in [-0.4, -0.2) is 21.1 Å². The summed E-state index contributed by atoms with van der Waals surface area (Å²) in [5, 5.41) is 6.91. The third-order valence-corrected chi connectivity index (χ3v) is 7.63. The van der Waals surface area contributed by atoms with Crippen LogP contribution in [0.5, 0.6) is 0 Å². The summed E-state index contributed by atoms with van der Waals surface area (Å²) in [6.45, 7) is 0. The van der Waals surface area contributed by atoms with Crippen molar-refractivity contribution < 1.29 is 14.0 Å². The predicted octanol–water partition coefficient (Wildman–Crippen LogP) is 8.05. The fraction of sp³-hybridized carbons (Fsp3) is 0.120. The minimum absolute atomic E-state index is 0.0843. The Kier molecular flexibility index (Phi) is 6.60. The summed E-state index contributed by atoms with van der Waals surface area (Å²) in [6, 6.07) is 13.8. The van der Waals surface area contributed by atoms with Crippen molar-refractivity contribution in [3.63, 3.8) is 0 Å². The van der Waals surface area contributed by atoms with Gasteiger partial charge in [0.25, 0.3) is 5.91 Å². The monoisotopic (exact) mass is 583 g/mol. The molecule has 0 radical (unpaired) electrons. The third-order valence-electron chi connectivity index (χ3n) is 5.93. The Morgan fingerprint density at radius 2 is 1.61 bits per heavy atom. The van der Waals surface area contributed by atoms with Crippen LogP contribution in [0.2, 0.25) is 15.1 Å². The Balaban J connectivity index is 1.34. The highest BCUT2D eigenvalue weighted by molar-refractivity contribution is 6.53. The maximum absolute atomic E-state index is 14.3. The van der Waals surface area contributed by atoms with Crippen molar-refractivity contribution in [2.24, 2.45) is 5.92 Å². The molecule has 36 heavy (non-hydrogen) atoms. The van der Waals surface area contributed by atoms with Crippen molar-refractivity contribution in [3.8, 4) is 0 Å². The lowest BCUT2D eigenvalue weighted by Crippen LogP contribution is -2.18. The number of halogens is 6. The molecule has 1 heterocycles. The molecule has 2 atom stereocenters. The minimum Gasteiger partial charge on any atom is -0.359 e. The first-order valence-corrected chi connectivity index (χ1v) is 12.5. The van der Waals surface area contributed by atoms with E-state index in [1.807, 2.05) is 0 Å². The molecule has 1 fully saturated rings. The molecule has 3 aromatic carbocycles. The van der Waals surface area contributed by atoms with Gasteiger partial charge >= 0.3 is 0 Å². The van der Waals surface area contributed by atoms with Gasteiger partial charge in [-0.1, -0.05) is 34.8 Å². The maximum Gasteiger partial charge on any atom is 0.257 e. The summed E-state index contributed by atoms with van der Waals surface area (Å²) in [6.07, 6.45) is 1.60.